The lowest BCUT2D eigenvalue weighted by atomic mass is 9.94. The van der Waals surface area contributed by atoms with Crippen molar-refractivity contribution in [2.45, 2.75) is 64.5 Å². The predicted octanol–water partition coefficient (Wildman–Crippen LogP) is 6.00. The van der Waals surface area contributed by atoms with Gasteiger partial charge in [-0.1, -0.05) is 62.4 Å². The highest BCUT2D eigenvalue weighted by Gasteiger charge is 2.23. The molecule has 1 fully saturated rings. The third kappa shape index (κ3) is 4.13. The zero-order chi connectivity index (χ0) is 14.5. The molecule has 1 nitrogen and oxygen atoms in total. The second-order valence-corrected chi connectivity index (χ2v) is 6.86. The first-order valence-corrected chi connectivity index (χ1v) is 8.58. The van der Waals surface area contributed by atoms with E-state index in [0.29, 0.717) is 17.1 Å². The van der Waals surface area contributed by atoms with Gasteiger partial charge in [-0.05, 0) is 42.9 Å². The summed E-state index contributed by atoms with van der Waals surface area (Å²) in [7, 11) is 0. The van der Waals surface area contributed by atoms with Crippen LogP contribution >= 0.6 is 23.2 Å². The topological polar surface area (TPSA) is 12.0 Å². The van der Waals surface area contributed by atoms with Gasteiger partial charge >= 0.3 is 0 Å². The van der Waals surface area contributed by atoms with Gasteiger partial charge in [0.2, 0.25) is 0 Å². The van der Waals surface area contributed by atoms with Crippen LogP contribution in [0.5, 0.6) is 0 Å². The normalized spacial score (nSPS) is 25.2. The van der Waals surface area contributed by atoms with Gasteiger partial charge < -0.3 is 5.32 Å². The molecule has 3 atom stereocenters. The molecular weight excluding hydrogens is 289 g/mol. The Kier molecular flexibility index (Phi) is 6.20. The van der Waals surface area contributed by atoms with Crippen LogP contribution in [0.15, 0.2) is 18.2 Å². The summed E-state index contributed by atoms with van der Waals surface area (Å²) in [6.45, 7) is 4.59. The molecule has 112 valence electrons. The van der Waals surface area contributed by atoms with Crippen LogP contribution in [0, 0.1) is 5.92 Å². The van der Waals surface area contributed by atoms with Gasteiger partial charge in [-0.25, -0.2) is 0 Å². The molecule has 0 radical (unpaired) electrons. The molecule has 3 heteroatoms. The maximum Gasteiger partial charge on any atom is 0.0468 e. The minimum Gasteiger partial charge on any atom is -0.307 e. The third-order valence-corrected chi connectivity index (χ3v) is 5.09. The van der Waals surface area contributed by atoms with Crippen molar-refractivity contribution in [3.05, 3.63) is 33.8 Å². The van der Waals surface area contributed by atoms with Gasteiger partial charge in [0, 0.05) is 22.1 Å². The Morgan fingerprint density at radius 2 is 1.95 bits per heavy atom. The summed E-state index contributed by atoms with van der Waals surface area (Å²) in [5.74, 6) is 0.748. The summed E-state index contributed by atoms with van der Waals surface area (Å²) < 4.78 is 0. The zero-order valence-corrected chi connectivity index (χ0v) is 14.0. The summed E-state index contributed by atoms with van der Waals surface area (Å²) in [6, 6.07) is 6.77. The fourth-order valence-electron chi connectivity index (χ4n) is 3.21. The lowest BCUT2D eigenvalue weighted by Gasteiger charge is -2.29. The Morgan fingerprint density at radius 3 is 2.65 bits per heavy atom. The standard InChI is InChI=1S/C17H25Cl2N/c1-3-16(14-10-9-13(18)11-15(14)19)20-17-8-6-4-5-7-12(17)2/h9-12,16-17,20H,3-8H2,1-2H3. The first-order valence-electron chi connectivity index (χ1n) is 7.82. The van der Waals surface area contributed by atoms with E-state index >= 15 is 0 Å². The Morgan fingerprint density at radius 1 is 1.20 bits per heavy atom. The van der Waals surface area contributed by atoms with Crippen LogP contribution in [0.3, 0.4) is 0 Å². The molecule has 2 rings (SSSR count). The fraction of sp³-hybridized carbons (Fsp3) is 0.647. The number of hydrogen-bond donors (Lipinski definition) is 1. The number of nitrogens with one attached hydrogen (secondary N) is 1. The lowest BCUT2D eigenvalue weighted by Crippen LogP contribution is -2.37. The molecule has 1 N–H and O–H groups in total. The molecule has 0 aliphatic heterocycles. The molecule has 0 spiro atoms. The van der Waals surface area contributed by atoms with Gasteiger partial charge in [0.05, 0.1) is 0 Å². The van der Waals surface area contributed by atoms with Gasteiger partial charge in [0.25, 0.3) is 0 Å². The van der Waals surface area contributed by atoms with Crippen molar-refractivity contribution in [1.29, 1.82) is 0 Å². The fourth-order valence-corrected chi connectivity index (χ4v) is 3.75. The quantitative estimate of drug-likeness (QED) is 0.672. The second kappa shape index (κ2) is 7.68. The Balaban J connectivity index is 2.11. The van der Waals surface area contributed by atoms with Crippen LogP contribution in [0.4, 0.5) is 0 Å². The summed E-state index contributed by atoms with van der Waals surface area (Å²) in [4.78, 5) is 0. The molecule has 1 aromatic rings. The Labute approximate surface area is 133 Å². The second-order valence-electron chi connectivity index (χ2n) is 6.02. The molecule has 0 amide bonds. The van der Waals surface area contributed by atoms with E-state index in [9.17, 15) is 0 Å². The first-order chi connectivity index (χ1) is 9.61. The SMILES string of the molecule is CCC(NC1CCCCCC1C)c1ccc(Cl)cc1Cl. The summed E-state index contributed by atoms with van der Waals surface area (Å²) in [6.07, 6.45) is 7.75. The highest BCUT2D eigenvalue weighted by Crippen LogP contribution is 2.31. The number of hydrogen-bond acceptors (Lipinski definition) is 1. The highest BCUT2D eigenvalue weighted by atomic mass is 35.5. The molecular formula is C17H25Cl2N. The smallest absolute Gasteiger partial charge is 0.0468 e. The van der Waals surface area contributed by atoms with Crippen LogP contribution in [-0.2, 0) is 0 Å². The van der Waals surface area contributed by atoms with Gasteiger partial charge in [0.15, 0.2) is 0 Å². The lowest BCUT2D eigenvalue weighted by molar-refractivity contribution is 0.318. The van der Waals surface area contributed by atoms with Gasteiger partial charge in [-0.2, -0.15) is 0 Å². The van der Waals surface area contributed by atoms with E-state index in [1.165, 1.54) is 37.7 Å². The third-order valence-electron chi connectivity index (χ3n) is 4.52. The summed E-state index contributed by atoms with van der Waals surface area (Å²) in [5, 5.41) is 5.33. The Hall–Kier alpha value is -0.240. The van der Waals surface area contributed by atoms with Crippen molar-refractivity contribution in [2.24, 2.45) is 5.92 Å². The van der Waals surface area contributed by atoms with E-state index in [2.05, 4.69) is 25.2 Å². The van der Waals surface area contributed by atoms with E-state index < -0.39 is 0 Å². The first kappa shape index (κ1) is 16.1. The zero-order valence-electron chi connectivity index (χ0n) is 12.5. The van der Waals surface area contributed by atoms with Crippen molar-refractivity contribution in [1.82, 2.24) is 5.32 Å². The maximum absolute atomic E-state index is 6.36. The average Bonchev–Trinajstić information content (AvgIpc) is 2.62. The minimum absolute atomic E-state index is 0.324. The Bertz CT molecular complexity index is 433. The van der Waals surface area contributed by atoms with Crippen LogP contribution in [0.25, 0.3) is 0 Å². The molecule has 0 bridgehead atoms. The maximum atomic E-state index is 6.36. The van der Waals surface area contributed by atoms with Crippen LogP contribution in [-0.4, -0.2) is 6.04 Å². The molecule has 20 heavy (non-hydrogen) atoms. The summed E-state index contributed by atoms with van der Waals surface area (Å²) in [5.41, 5.74) is 1.18. The van der Waals surface area contributed by atoms with E-state index in [-0.39, 0.29) is 0 Å². The van der Waals surface area contributed by atoms with Crippen molar-refractivity contribution >= 4 is 23.2 Å². The minimum atomic E-state index is 0.324. The van der Waals surface area contributed by atoms with Gasteiger partial charge in [-0.15, -0.1) is 0 Å². The van der Waals surface area contributed by atoms with E-state index in [1.807, 2.05) is 12.1 Å². The number of halogens is 2. The molecule has 0 heterocycles. The molecule has 1 aliphatic rings. The van der Waals surface area contributed by atoms with E-state index in [4.69, 9.17) is 23.2 Å². The number of benzene rings is 1. The van der Waals surface area contributed by atoms with Crippen LogP contribution < -0.4 is 5.32 Å². The number of rotatable bonds is 4. The van der Waals surface area contributed by atoms with Crippen molar-refractivity contribution in [3.8, 4) is 0 Å². The van der Waals surface area contributed by atoms with Crippen molar-refractivity contribution < 1.29 is 0 Å². The largest absolute Gasteiger partial charge is 0.307 e. The molecule has 0 saturated heterocycles. The van der Waals surface area contributed by atoms with E-state index in [1.54, 1.807) is 0 Å². The molecule has 0 aromatic heterocycles. The van der Waals surface area contributed by atoms with Crippen LogP contribution in [0.1, 0.15) is 64.0 Å². The molecule has 1 saturated carbocycles. The van der Waals surface area contributed by atoms with Crippen molar-refractivity contribution in [2.75, 3.05) is 0 Å². The molecule has 3 unspecified atom stereocenters. The highest BCUT2D eigenvalue weighted by molar-refractivity contribution is 6.35. The van der Waals surface area contributed by atoms with Crippen molar-refractivity contribution in [3.63, 3.8) is 0 Å². The van der Waals surface area contributed by atoms with Gasteiger partial charge in [-0.3, -0.25) is 0 Å². The summed E-state index contributed by atoms with van der Waals surface area (Å²) >= 11 is 12.4. The monoisotopic (exact) mass is 313 g/mol. The molecule has 1 aliphatic carbocycles. The van der Waals surface area contributed by atoms with E-state index in [0.717, 1.165) is 17.4 Å². The predicted molar refractivity (Wildman–Crippen MR) is 88.7 cm³/mol. The van der Waals surface area contributed by atoms with Crippen LogP contribution in [0.2, 0.25) is 10.0 Å². The average molecular weight is 314 g/mol. The molecule has 1 aromatic carbocycles. The van der Waals surface area contributed by atoms with Gasteiger partial charge in [0.1, 0.15) is 0 Å².